The summed E-state index contributed by atoms with van der Waals surface area (Å²) in [4.78, 5) is 0. The van der Waals surface area contributed by atoms with Gasteiger partial charge in [0.15, 0.2) is 0 Å². The summed E-state index contributed by atoms with van der Waals surface area (Å²) in [6.45, 7) is -0.148. The second kappa shape index (κ2) is 7.56. The minimum absolute atomic E-state index is 0.148. The Morgan fingerprint density at radius 2 is 1.73 bits per heavy atom. The van der Waals surface area contributed by atoms with Gasteiger partial charge in [0.1, 0.15) is 0 Å². The maximum atomic E-state index is 11.9. The van der Waals surface area contributed by atoms with Crippen molar-refractivity contribution in [1.82, 2.24) is 4.72 Å². The summed E-state index contributed by atoms with van der Waals surface area (Å²) in [6, 6.07) is 15.9. The van der Waals surface area contributed by atoms with Gasteiger partial charge in [-0.3, -0.25) is 0 Å². The first-order valence-electron chi connectivity index (χ1n) is 6.63. The van der Waals surface area contributed by atoms with E-state index in [9.17, 15) is 13.5 Å². The van der Waals surface area contributed by atoms with Crippen LogP contribution in [0.25, 0.3) is 6.08 Å². The summed E-state index contributed by atoms with van der Waals surface area (Å²) in [6.07, 6.45) is 0.484. The predicted molar refractivity (Wildman–Crippen MR) is 88.8 cm³/mol. The number of benzene rings is 2. The molecule has 0 amide bonds. The van der Waals surface area contributed by atoms with Crippen molar-refractivity contribution in [2.45, 2.75) is 6.10 Å². The molecule has 0 saturated heterocycles. The van der Waals surface area contributed by atoms with Crippen LogP contribution in [0.1, 0.15) is 17.2 Å². The molecule has 0 aromatic heterocycles. The molecule has 0 aliphatic carbocycles. The Morgan fingerprint density at radius 1 is 1.09 bits per heavy atom. The highest BCUT2D eigenvalue weighted by molar-refractivity contribution is 7.92. The molecule has 0 saturated carbocycles. The molecule has 0 radical (unpaired) electrons. The zero-order chi connectivity index (χ0) is 16.0. The molecule has 116 valence electrons. The first-order valence-corrected chi connectivity index (χ1v) is 8.56. The highest BCUT2D eigenvalue weighted by atomic mass is 35.5. The fourth-order valence-electron chi connectivity index (χ4n) is 1.83. The molecule has 4 nitrogen and oxygen atoms in total. The maximum Gasteiger partial charge on any atom is 0.233 e. The zero-order valence-corrected chi connectivity index (χ0v) is 13.3. The minimum Gasteiger partial charge on any atom is -0.387 e. The van der Waals surface area contributed by atoms with Gasteiger partial charge in [-0.1, -0.05) is 60.1 Å². The first kappa shape index (κ1) is 16.7. The van der Waals surface area contributed by atoms with E-state index in [1.807, 2.05) is 18.2 Å². The van der Waals surface area contributed by atoms with Gasteiger partial charge in [-0.05, 0) is 17.7 Å². The van der Waals surface area contributed by atoms with Crippen LogP contribution in [0.15, 0.2) is 60.0 Å². The molecule has 0 bridgehead atoms. The van der Waals surface area contributed by atoms with Gasteiger partial charge in [0.2, 0.25) is 10.0 Å². The molecular formula is C16H16ClNO3S. The minimum atomic E-state index is -3.63. The molecule has 6 heteroatoms. The zero-order valence-electron chi connectivity index (χ0n) is 11.7. The van der Waals surface area contributed by atoms with Crippen LogP contribution in [0.2, 0.25) is 5.02 Å². The Kier molecular flexibility index (Phi) is 5.74. The standard InChI is InChI=1S/C16H16ClNO3S/c17-15-9-5-4-8-14(15)16(19)12-18-22(20,21)11-10-13-6-2-1-3-7-13/h1-11,16,18-19H,12H2/b11-10+. The molecule has 22 heavy (non-hydrogen) atoms. The molecule has 0 heterocycles. The van der Waals surface area contributed by atoms with E-state index in [0.717, 1.165) is 11.0 Å². The number of hydrogen-bond acceptors (Lipinski definition) is 3. The van der Waals surface area contributed by atoms with Gasteiger partial charge < -0.3 is 5.11 Å². The Bertz CT molecular complexity index is 745. The monoisotopic (exact) mass is 337 g/mol. The van der Waals surface area contributed by atoms with Crippen molar-refractivity contribution in [3.05, 3.63) is 76.2 Å². The van der Waals surface area contributed by atoms with Crippen LogP contribution >= 0.6 is 11.6 Å². The molecule has 1 unspecified atom stereocenters. The lowest BCUT2D eigenvalue weighted by Gasteiger charge is -2.12. The average Bonchev–Trinajstić information content (AvgIpc) is 2.52. The molecular weight excluding hydrogens is 322 g/mol. The van der Waals surface area contributed by atoms with Crippen molar-refractivity contribution in [2.75, 3.05) is 6.54 Å². The number of rotatable bonds is 6. The summed E-state index contributed by atoms with van der Waals surface area (Å²) in [7, 11) is -3.63. The van der Waals surface area contributed by atoms with E-state index in [4.69, 9.17) is 11.6 Å². The summed E-state index contributed by atoms with van der Waals surface area (Å²) in [5.74, 6) is 0. The molecule has 0 aliphatic rings. The van der Waals surface area contributed by atoms with E-state index in [2.05, 4.69) is 4.72 Å². The summed E-state index contributed by atoms with van der Waals surface area (Å²) in [5.41, 5.74) is 1.26. The van der Waals surface area contributed by atoms with E-state index < -0.39 is 16.1 Å². The SMILES string of the molecule is O=S(=O)(/C=C/c1ccccc1)NCC(O)c1ccccc1Cl. The molecule has 0 aliphatic heterocycles. The largest absolute Gasteiger partial charge is 0.387 e. The topological polar surface area (TPSA) is 66.4 Å². The summed E-state index contributed by atoms with van der Waals surface area (Å²) < 4.78 is 26.1. The van der Waals surface area contributed by atoms with E-state index >= 15 is 0 Å². The lowest BCUT2D eigenvalue weighted by atomic mass is 10.1. The fourth-order valence-corrected chi connectivity index (χ4v) is 2.92. The van der Waals surface area contributed by atoms with Gasteiger partial charge in [-0.15, -0.1) is 0 Å². The Balaban J connectivity index is 1.98. The van der Waals surface area contributed by atoms with Crippen molar-refractivity contribution < 1.29 is 13.5 Å². The predicted octanol–water partition coefficient (Wildman–Crippen LogP) is 2.96. The Morgan fingerprint density at radius 3 is 2.41 bits per heavy atom. The van der Waals surface area contributed by atoms with Crippen molar-refractivity contribution in [3.63, 3.8) is 0 Å². The van der Waals surface area contributed by atoms with Crippen LogP contribution in [0, 0.1) is 0 Å². The third-order valence-corrected chi connectivity index (χ3v) is 4.39. The average molecular weight is 338 g/mol. The maximum absolute atomic E-state index is 11.9. The van der Waals surface area contributed by atoms with Gasteiger partial charge in [-0.25, -0.2) is 13.1 Å². The lowest BCUT2D eigenvalue weighted by molar-refractivity contribution is 0.182. The molecule has 0 spiro atoms. The normalized spacial score (nSPS) is 13.4. The fraction of sp³-hybridized carbons (Fsp3) is 0.125. The highest BCUT2D eigenvalue weighted by Crippen LogP contribution is 2.22. The van der Waals surface area contributed by atoms with Gasteiger partial charge in [0.05, 0.1) is 6.10 Å². The number of aliphatic hydroxyl groups is 1. The Hall–Kier alpha value is -1.66. The molecule has 2 N–H and O–H groups in total. The third kappa shape index (κ3) is 4.96. The number of sulfonamides is 1. The van der Waals surface area contributed by atoms with Gasteiger partial charge in [0.25, 0.3) is 0 Å². The van der Waals surface area contributed by atoms with Crippen LogP contribution < -0.4 is 4.72 Å². The van der Waals surface area contributed by atoms with Crippen LogP contribution in [0.5, 0.6) is 0 Å². The van der Waals surface area contributed by atoms with E-state index in [1.165, 1.54) is 6.08 Å². The highest BCUT2D eigenvalue weighted by Gasteiger charge is 2.14. The van der Waals surface area contributed by atoms with E-state index in [0.29, 0.717) is 10.6 Å². The van der Waals surface area contributed by atoms with Crippen molar-refractivity contribution in [3.8, 4) is 0 Å². The van der Waals surface area contributed by atoms with Crippen LogP contribution in [-0.2, 0) is 10.0 Å². The number of halogens is 1. The molecule has 2 rings (SSSR count). The van der Waals surface area contributed by atoms with Gasteiger partial charge >= 0.3 is 0 Å². The number of nitrogens with one attached hydrogen (secondary N) is 1. The van der Waals surface area contributed by atoms with Gasteiger partial charge in [0, 0.05) is 22.5 Å². The van der Waals surface area contributed by atoms with Crippen molar-refractivity contribution in [1.29, 1.82) is 0 Å². The second-order valence-electron chi connectivity index (χ2n) is 4.64. The van der Waals surface area contributed by atoms with Crippen molar-refractivity contribution in [2.24, 2.45) is 0 Å². The quantitative estimate of drug-likeness (QED) is 0.851. The number of hydrogen-bond donors (Lipinski definition) is 2. The smallest absolute Gasteiger partial charge is 0.233 e. The molecule has 0 fully saturated rings. The Labute approximate surface area is 135 Å². The van der Waals surface area contributed by atoms with Gasteiger partial charge in [-0.2, -0.15) is 0 Å². The van der Waals surface area contributed by atoms with Crippen LogP contribution in [0.3, 0.4) is 0 Å². The molecule has 2 aromatic rings. The third-order valence-electron chi connectivity index (χ3n) is 2.98. The lowest BCUT2D eigenvalue weighted by Crippen LogP contribution is -2.26. The van der Waals surface area contributed by atoms with Crippen molar-refractivity contribution >= 4 is 27.7 Å². The summed E-state index contributed by atoms with van der Waals surface area (Å²) >= 11 is 5.96. The first-order chi connectivity index (χ1) is 10.5. The molecule has 2 aromatic carbocycles. The van der Waals surface area contributed by atoms with E-state index in [-0.39, 0.29) is 6.54 Å². The molecule has 1 atom stereocenters. The van der Waals surface area contributed by atoms with Crippen LogP contribution in [0.4, 0.5) is 0 Å². The summed E-state index contributed by atoms with van der Waals surface area (Å²) in [5, 5.41) is 11.5. The van der Waals surface area contributed by atoms with Crippen LogP contribution in [-0.4, -0.2) is 20.1 Å². The second-order valence-corrected chi connectivity index (χ2v) is 6.70. The van der Waals surface area contributed by atoms with E-state index in [1.54, 1.807) is 36.4 Å². The number of aliphatic hydroxyl groups excluding tert-OH is 1.